The monoisotopic (exact) mass is 357 g/mol. The van der Waals surface area contributed by atoms with Crippen molar-refractivity contribution >= 4 is 11.3 Å². The number of hydrogen-bond acceptors (Lipinski definition) is 4. The van der Waals surface area contributed by atoms with Crippen LogP contribution >= 0.6 is 11.3 Å². The second-order valence-electron chi connectivity index (χ2n) is 5.65. The molecule has 0 amide bonds. The van der Waals surface area contributed by atoms with Crippen molar-refractivity contribution in [3.05, 3.63) is 81.8 Å². The molecule has 3 aromatic rings. The first-order chi connectivity index (χ1) is 12.2. The van der Waals surface area contributed by atoms with Crippen molar-refractivity contribution in [3.8, 4) is 11.5 Å². The number of halogens is 1. The first-order valence-electron chi connectivity index (χ1n) is 8.00. The molecule has 0 spiro atoms. The Morgan fingerprint density at radius 1 is 1.04 bits per heavy atom. The smallest absolute Gasteiger partial charge is 0.164 e. The zero-order chi connectivity index (χ0) is 17.6. The van der Waals surface area contributed by atoms with Crippen LogP contribution in [-0.2, 0) is 13.0 Å². The molecule has 0 radical (unpaired) electrons. The fourth-order valence-electron chi connectivity index (χ4n) is 2.65. The number of nitrogens with two attached hydrogens (primary N) is 1. The van der Waals surface area contributed by atoms with Gasteiger partial charge < -0.3 is 15.2 Å². The van der Waals surface area contributed by atoms with E-state index in [1.807, 2.05) is 35.7 Å². The van der Waals surface area contributed by atoms with Gasteiger partial charge in [-0.25, -0.2) is 4.39 Å². The number of ether oxygens (including phenoxy) is 2. The second kappa shape index (κ2) is 8.14. The van der Waals surface area contributed by atoms with Crippen molar-refractivity contribution in [2.75, 3.05) is 7.11 Å². The van der Waals surface area contributed by atoms with Crippen LogP contribution in [0.4, 0.5) is 4.39 Å². The molecular formula is C20H20FNO2S. The van der Waals surface area contributed by atoms with Crippen molar-refractivity contribution in [1.29, 1.82) is 0 Å². The van der Waals surface area contributed by atoms with Gasteiger partial charge in [-0.05, 0) is 35.6 Å². The van der Waals surface area contributed by atoms with Gasteiger partial charge in [-0.15, -0.1) is 11.3 Å². The molecule has 2 N–H and O–H groups in total. The first-order valence-corrected chi connectivity index (χ1v) is 8.88. The molecule has 3 nitrogen and oxygen atoms in total. The Labute approximate surface area is 150 Å². The van der Waals surface area contributed by atoms with E-state index in [4.69, 9.17) is 15.2 Å². The Morgan fingerprint density at radius 3 is 2.56 bits per heavy atom. The normalized spacial score (nSPS) is 12.0. The molecule has 1 unspecified atom stereocenters. The number of thiophene rings is 1. The number of para-hydroxylation sites is 1. The van der Waals surface area contributed by atoms with E-state index in [1.165, 1.54) is 6.07 Å². The maximum atomic E-state index is 13.8. The summed E-state index contributed by atoms with van der Waals surface area (Å²) in [4.78, 5) is 1.11. The Hall–Kier alpha value is -2.37. The van der Waals surface area contributed by atoms with E-state index in [-0.39, 0.29) is 18.5 Å². The Kier molecular flexibility index (Phi) is 5.68. The predicted molar refractivity (Wildman–Crippen MR) is 98.7 cm³/mol. The number of hydrogen-bond donors (Lipinski definition) is 1. The van der Waals surface area contributed by atoms with Gasteiger partial charge in [0.1, 0.15) is 12.4 Å². The van der Waals surface area contributed by atoms with Gasteiger partial charge >= 0.3 is 0 Å². The largest absolute Gasteiger partial charge is 0.493 e. The molecule has 2 aromatic carbocycles. The van der Waals surface area contributed by atoms with Crippen LogP contribution in [0.15, 0.2) is 60.0 Å². The van der Waals surface area contributed by atoms with Gasteiger partial charge in [0, 0.05) is 16.5 Å². The fourth-order valence-corrected chi connectivity index (χ4v) is 3.38. The van der Waals surface area contributed by atoms with Gasteiger partial charge in [0.05, 0.1) is 7.11 Å². The third-order valence-electron chi connectivity index (χ3n) is 3.96. The lowest BCUT2D eigenvalue weighted by atomic mass is 10.0. The number of benzene rings is 2. The summed E-state index contributed by atoms with van der Waals surface area (Å²) in [5.41, 5.74) is 7.76. The van der Waals surface area contributed by atoms with Gasteiger partial charge in [-0.1, -0.05) is 36.4 Å². The maximum absolute atomic E-state index is 13.8. The van der Waals surface area contributed by atoms with Crippen molar-refractivity contribution in [2.24, 2.45) is 5.73 Å². The summed E-state index contributed by atoms with van der Waals surface area (Å²) in [5.74, 6) is 0.946. The first kappa shape index (κ1) is 17.5. The Bertz CT molecular complexity index is 820. The highest BCUT2D eigenvalue weighted by molar-refractivity contribution is 7.10. The molecule has 1 aromatic heterocycles. The molecule has 25 heavy (non-hydrogen) atoms. The minimum atomic E-state index is -0.283. The minimum Gasteiger partial charge on any atom is -0.493 e. The van der Waals surface area contributed by atoms with Crippen LogP contribution in [0.3, 0.4) is 0 Å². The van der Waals surface area contributed by atoms with Gasteiger partial charge in [-0.3, -0.25) is 0 Å². The zero-order valence-corrected chi connectivity index (χ0v) is 14.8. The summed E-state index contributed by atoms with van der Waals surface area (Å²) in [7, 11) is 1.59. The van der Waals surface area contributed by atoms with Crippen LogP contribution in [0.25, 0.3) is 0 Å². The molecular weight excluding hydrogens is 337 g/mol. The third-order valence-corrected chi connectivity index (χ3v) is 4.96. The molecule has 1 atom stereocenters. The van der Waals surface area contributed by atoms with Crippen molar-refractivity contribution < 1.29 is 13.9 Å². The predicted octanol–water partition coefficient (Wildman–Crippen LogP) is 4.72. The van der Waals surface area contributed by atoms with Crippen LogP contribution < -0.4 is 15.2 Å². The van der Waals surface area contributed by atoms with E-state index in [9.17, 15) is 4.39 Å². The Balaban J connectivity index is 1.82. The van der Waals surface area contributed by atoms with Crippen LogP contribution in [0.2, 0.25) is 0 Å². The van der Waals surface area contributed by atoms with E-state index in [0.29, 0.717) is 23.5 Å². The highest BCUT2D eigenvalue weighted by atomic mass is 32.1. The molecule has 0 saturated heterocycles. The number of methoxy groups -OCH3 is 1. The molecule has 5 heteroatoms. The Morgan fingerprint density at radius 2 is 1.84 bits per heavy atom. The lowest BCUT2D eigenvalue weighted by Gasteiger charge is -2.17. The lowest BCUT2D eigenvalue weighted by Crippen LogP contribution is -2.13. The summed E-state index contributed by atoms with van der Waals surface area (Å²) in [5, 5.41) is 2.01. The lowest BCUT2D eigenvalue weighted by molar-refractivity contribution is 0.276. The molecule has 0 saturated carbocycles. The molecule has 0 aliphatic rings. The van der Waals surface area contributed by atoms with E-state index in [0.717, 1.165) is 10.4 Å². The van der Waals surface area contributed by atoms with Crippen LogP contribution in [0, 0.1) is 5.82 Å². The maximum Gasteiger partial charge on any atom is 0.164 e. The molecule has 0 aliphatic heterocycles. The SMILES string of the molecule is COc1cccc(CC(N)c2cccs2)c1OCc1ccccc1F. The van der Waals surface area contributed by atoms with Crippen molar-refractivity contribution in [1.82, 2.24) is 0 Å². The van der Waals surface area contributed by atoms with Crippen LogP contribution in [0.1, 0.15) is 22.0 Å². The van der Waals surface area contributed by atoms with E-state index in [1.54, 1.807) is 36.6 Å². The van der Waals surface area contributed by atoms with Crippen LogP contribution in [0.5, 0.6) is 11.5 Å². The zero-order valence-electron chi connectivity index (χ0n) is 13.9. The molecule has 130 valence electrons. The van der Waals surface area contributed by atoms with E-state index < -0.39 is 0 Å². The van der Waals surface area contributed by atoms with Crippen molar-refractivity contribution in [2.45, 2.75) is 19.1 Å². The van der Waals surface area contributed by atoms with E-state index >= 15 is 0 Å². The van der Waals surface area contributed by atoms with Gasteiger partial charge in [0.25, 0.3) is 0 Å². The standard InChI is InChI=1S/C20H20FNO2S/c1-23-18-9-4-7-14(12-17(22)19-10-5-11-25-19)20(18)24-13-15-6-2-3-8-16(15)21/h2-11,17H,12-13,22H2,1H3. The summed E-state index contributed by atoms with van der Waals surface area (Å²) in [6.45, 7) is 0.133. The molecule has 0 fully saturated rings. The quantitative estimate of drug-likeness (QED) is 0.665. The minimum absolute atomic E-state index is 0.122. The van der Waals surface area contributed by atoms with Crippen molar-refractivity contribution in [3.63, 3.8) is 0 Å². The fraction of sp³-hybridized carbons (Fsp3) is 0.200. The molecule has 0 aliphatic carbocycles. The van der Waals surface area contributed by atoms with E-state index in [2.05, 4.69) is 0 Å². The average molecular weight is 357 g/mol. The molecule has 1 heterocycles. The highest BCUT2D eigenvalue weighted by Gasteiger charge is 2.16. The van der Waals surface area contributed by atoms with Crippen LogP contribution in [-0.4, -0.2) is 7.11 Å². The third kappa shape index (κ3) is 4.18. The highest BCUT2D eigenvalue weighted by Crippen LogP contribution is 2.34. The van der Waals surface area contributed by atoms with Gasteiger partial charge in [0.2, 0.25) is 0 Å². The molecule has 0 bridgehead atoms. The second-order valence-corrected chi connectivity index (χ2v) is 6.63. The summed E-state index contributed by atoms with van der Waals surface area (Å²) in [6, 6.07) is 16.2. The summed E-state index contributed by atoms with van der Waals surface area (Å²) in [6.07, 6.45) is 0.615. The number of rotatable bonds is 7. The van der Waals surface area contributed by atoms with Gasteiger partial charge in [-0.2, -0.15) is 0 Å². The van der Waals surface area contributed by atoms with Gasteiger partial charge in [0.15, 0.2) is 11.5 Å². The summed E-state index contributed by atoms with van der Waals surface area (Å²) >= 11 is 1.63. The topological polar surface area (TPSA) is 44.5 Å². The molecule has 3 rings (SSSR count). The average Bonchev–Trinajstić information content (AvgIpc) is 3.16. The summed E-state index contributed by atoms with van der Waals surface area (Å²) < 4.78 is 25.2.